The third kappa shape index (κ3) is 5.20. The minimum atomic E-state index is -3.04. The number of rotatable bonds is 6. The van der Waals surface area contributed by atoms with Gasteiger partial charge in [-0.05, 0) is 31.4 Å². The molecule has 0 saturated heterocycles. The van der Waals surface area contributed by atoms with Crippen LogP contribution in [-0.4, -0.2) is 27.0 Å². The number of thioether (sulfide) groups is 1. The van der Waals surface area contributed by atoms with Crippen molar-refractivity contribution in [2.45, 2.75) is 11.3 Å². The van der Waals surface area contributed by atoms with Crippen LogP contribution >= 0.6 is 11.8 Å². The average Bonchev–Trinajstić information content (AvgIpc) is 2.26. The van der Waals surface area contributed by atoms with Crippen molar-refractivity contribution in [3.8, 4) is 0 Å². The summed E-state index contributed by atoms with van der Waals surface area (Å²) in [5, 5.41) is 0. The molecule has 0 spiro atoms. The summed E-state index contributed by atoms with van der Waals surface area (Å²) in [7, 11) is -1.59. The van der Waals surface area contributed by atoms with E-state index in [-0.39, 0.29) is 5.75 Å². The van der Waals surface area contributed by atoms with Crippen LogP contribution in [0.2, 0.25) is 0 Å². The first-order valence-electron chi connectivity index (χ1n) is 4.73. The van der Waals surface area contributed by atoms with Crippen molar-refractivity contribution >= 4 is 21.8 Å². The molecule has 1 N–H and O–H groups in total. The van der Waals surface area contributed by atoms with Gasteiger partial charge in [-0.1, -0.05) is 18.2 Å². The standard InChI is InChI=1S/C10H15NO2S2/c1-11-15(12,13)9-5-8-14-10-6-3-2-4-7-10/h2-4,6-7,11H,5,8-9H2,1H3. The van der Waals surface area contributed by atoms with E-state index in [1.165, 1.54) is 11.9 Å². The summed E-state index contributed by atoms with van der Waals surface area (Å²) in [5.41, 5.74) is 0. The topological polar surface area (TPSA) is 46.2 Å². The van der Waals surface area contributed by atoms with Crippen LogP contribution in [0.4, 0.5) is 0 Å². The van der Waals surface area contributed by atoms with Gasteiger partial charge >= 0.3 is 0 Å². The molecule has 0 atom stereocenters. The number of nitrogens with one attached hydrogen (secondary N) is 1. The van der Waals surface area contributed by atoms with Crippen molar-refractivity contribution in [2.75, 3.05) is 18.6 Å². The Balaban J connectivity index is 2.24. The Labute approximate surface area is 95.3 Å². The summed E-state index contributed by atoms with van der Waals surface area (Å²) < 4.78 is 24.5. The van der Waals surface area contributed by atoms with Crippen LogP contribution in [0.3, 0.4) is 0 Å². The van der Waals surface area contributed by atoms with Crippen molar-refractivity contribution < 1.29 is 8.42 Å². The third-order valence-corrected chi connectivity index (χ3v) is 4.43. The maximum absolute atomic E-state index is 11.1. The Kier molecular flexibility index (Phi) is 5.14. The van der Waals surface area contributed by atoms with Gasteiger partial charge in [0.1, 0.15) is 0 Å². The van der Waals surface area contributed by atoms with E-state index in [1.54, 1.807) is 11.8 Å². The molecule has 0 bridgehead atoms. The van der Waals surface area contributed by atoms with Gasteiger partial charge in [0, 0.05) is 4.90 Å². The number of hydrogen-bond donors (Lipinski definition) is 1. The fourth-order valence-electron chi connectivity index (χ4n) is 1.06. The van der Waals surface area contributed by atoms with Crippen molar-refractivity contribution in [3.05, 3.63) is 30.3 Å². The minimum absolute atomic E-state index is 0.198. The Bertz CT molecular complexity index is 376. The van der Waals surface area contributed by atoms with Crippen LogP contribution in [0.1, 0.15) is 6.42 Å². The molecule has 15 heavy (non-hydrogen) atoms. The van der Waals surface area contributed by atoms with Crippen molar-refractivity contribution in [1.82, 2.24) is 4.72 Å². The molecule has 84 valence electrons. The Morgan fingerprint density at radius 2 is 1.93 bits per heavy atom. The van der Waals surface area contributed by atoms with E-state index in [1.807, 2.05) is 30.3 Å². The first-order valence-corrected chi connectivity index (χ1v) is 7.37. The van der Waals surface area contributed by atoms with E-state index >= 15 is 0 Å². The van der Waals surface area contributed by atoms with Crippen LogP contribution in [0.15, 0.2) is 35.2 Å². The predicted octanol–water partition coefficient (Wildman–Crippen LogP) is 1.72. The largest absolute Gasteiger partial charge is 0.218 e. The van der Waals surface area contributed by atoms with Crippen LogP contribution in [0.25, 0.3) is 0 Å². The molecule has 0 radical (unpaired) electrons. The lowest BCUT2D eigenvalue weighted by atomic mass is 10.4. The highest BCUT2D eigenvalue weighted by atomic mass is 32.2. The molecule has 0 saturated carbocycles. The van der Waals surface area contributed by atoms with Crippen molar-refractivity contribution in [3.63, 3.8) is 0 Å². The van der Waals surface area contributed by atoms with Gasteiger partial charge in [0.05, 0.1) is 5.75 Å². The SMILES string of the molecule is CNS(=O)(=O)CCCSc1ccccc1. The quantitative estimate of drug-likeness (QED) is 0.613. The molecule has 1 aromatic carbocycles. The molecule has 0 aliphatic rings. The molecule has 0 aliphatic heterocycles. The zero-order chi connectivity index (χ0) is 11.1. The molecule has 0 amide bonds. The van der Waals surface area contributed by atoms with Crippen molar-refractivity contribution in [1.29, 1.82) is 0 Å². The molecular weight excluding hydrogens is 230 g/mol. The fourth-order valence-corrected chi connectivity index (χ4v) is 2.84. The second kappa shape index (κ2) is 6.15. The molecule has 1 rings (SSSR count). The molecule has 0 fully saturated rings. The second-order valence-corrected chi connectivity index (χ2v) is 6.25. The highest BCUT2D eigenvalue weighted by Gasteiger charge is 2.05. The van der Waals surface area contributed by atoms with E-state index in [9.17, 15) is 8.42 Å². The molecule has 0 heterocycles. The molecule has 0 aromatic heterocycles. The minimum Gasteiger partial charge on any atom is -0.218 e. The maximum atomic E-state index is 11.1. The molecule has 1 aromatic rings. The predicted molar refractivity (Wildman–Crippen MR) is 64.6 cm³/mol. The molecule has 0 unspecified atom stereocenters. The summed E-state index contributed by atoms with van der Waals surface area (Å²) in [6.07, 6.45) is 0.669. The first-order chi connectivity index (χ1) is 7.14. The van der Waals surface area contributed by atoms with Gasteiger partial charge in [-0.15, -0.1) is 11.8 Å². The highest BCUT2D eigenvalue weighted by Crippen LogP contribution is 2.17. The van der Waals surface area contributed by atoms with Gasteiger partial charge in [-0.25, -0.2) is 13.1 Å². The molecule has 0 aliphatic carbocycles. The number of sulfonamides is 1. The van der Waals surface area contributed by atoms with Crippen LogP contribution in [0.5, 0.6) is 0 Å². The normalized spacial score (nSPS) is 11.5. The number of benzene rings is 1. The van der Waals surface area contributed by atoms with Gasteiger partial charge in [0.15, 0.2) is 0 Å². The maximum Gasteiger partial charge on any atom is 0.211 e. The van der Waals surface area contributed by atoms with Gasteiger partial charge in [-0.2, -0.15) is 0 Å². The lowest BCUT2D eigenvalue weighted by Gasteiger charge is -2.02. The van der Waals surface area contributed by atoms with E-state index in [0.29, 0.717) is 6.42 Å². The van der Waals surface area contributed by atoms with Crippen LogP contribution < -0.4 is 4.72 Å². The van der Waals surface area contributed by atoms with Gasteiger partial charge in [-0.3, -0.25) is 0 Å². The van der Waals surface area contributed by atoms with Gasteiger partial charge < -0.3 is 0 Å². The lowest BCUT2D eigenvalue weighted by Crippen LogP contribution is -2.22. The second-order valence-electron chi connectivity index (χ2n) is 3.04. The zero-order valence-electron chi connectivity index (χ0n) is 8.64. The van der Waals surface area contributed by atoms with Crippen LogP contribution in [0, 0.1) is 0 Å². The lowest BCUT2D eigenvalue weighted by molar-refractivity contribution is 0.587. The molecular formula is C10H15NO2S2. The van der Waals surface area contributed by atoms with Gasteiger partial charge in [0.25, 0.3) is 0 Å². The smallest absolute Gasteiger partial charge is 0.211 e. The Morgan fingerprint density at radius 1 is 1.27 bits per heavy atom. The molecule has 3 nitrogen and oxygen atoms in total. The summed E-state index contributed by atoms with van der Waals surface area (Å²) in [4.78, 5) is 1.18. The van der Waals surface area contributed by atoms with Crippen LogP contribution in [-0.2, 0) is 10.0 Å². The first kappa shape index (κ1) is 12.5. The average molecular weight is 245 g/mol. The number of hydrogen-bond acceptors (Lipinski definition) is 3. The van der Waals surface area contributed by atoms with E-state index < -0.39 is 10.0 Å². The zero-order valence-corrected chi connectivity index (χ0v) is 10.3. The van der Waals surface area contributed by atoms with E-state index in [4.69, 9.17) is 0 Å². The summed E-state index contributed by atoms with van der Waals surface area (Å²) in [6, 6.07) is 9.98. The summed E-state index contributed by atoms with van der Waals surface area (Å²) >= 11 is 1.68. The Morgan fingerprint density at radius 3 is 2.53 bits per heavy atom. The summed E-state index contributed by atoms with van der Waals surface area (Å²) in [5.74, 6) is 1.02. The molecule has 5 heteroatoms. The van der Waals surface area contributed by atoms with E-state index in [0.717, 1.165) is 5.75 Å². The monoisotopic (exact) mass is 245 g/mol. The third-order valence-electron chi connectivity index (χ3n) is 1.88. The Hall–Kier alpha value is -0.520. The summed E-state index contributed by atoms with van der Waals surface area (Å²) in [6.45, 7) is 0. The van der Waals surface area contributed by atoms with E-state index in [2.05, 4.69) is 4.72 Å². The highest BCUT2D eigenvalue weighted by molar-refractivity contribution is 7.99. The fraction of sp³-hybridized carbons (Fsp3) is 0.400. The van der Waals surface area contributed by atoms with Gasteiger partial charge in [0.2, 0.25) is 10.0 Å². The van der Waals surface area contributed by atoms with Crippen molar-refractivity contribution in [2.24, 2.45) is 0 Å².